The van der Waals surface area contributed by atoms with E-state index in [0.717, 1.165) is 21.8 Å². The van der Waals surface area contributed by atoms with Crippen LogP contribution in [0.3, 0.4) is 0 Å². The molecule has 2 rings (SSSR count). The summed E-state index contributed by atoms with van der Waals surface area (Å²) < 4.78 is 12.6. The van der Waals surface area contributed by atoms with Gasteiger partial charge in [0.25, 0.3) is 5.91 Å². The summed E-state index contributed by atoms with van der Waals surface area (Å²) in [5.41, 5.74) is 0.750. The Morgan fingerprint density at radius 1 is 1.44 bits per heavy atom. The maximum Gasteiger partial charge on any atom is 0.305 e. The summed E-state index contributed by atoms with van der Waals surface area (Å²) in [6.45, 7) is 6.28. The Labute approximate surface area is 176 Å². The Kier molecular flexibility index (Phi) is 7.69. The fraction of sp³-hybridized carbons (Fsp3) is 0.389. The molecule has 1 aliphatic rings. The number of hydrogen-bond acceptors (Lipinski definition) is 6. The molecule has 0 radical (unpaired) electrons. The number of aliphatic carboxylic acids is 1. The molecule has 146 valence electrons. The molecule has 0 spiro atoms. The van der Waals surface area contributed by atoms with Gasteiger partial charge in [-0.2, -0.15) is 0 Å². The maximum absolute atomic E-state index is 12.5. The van der Waals surface area contributed by atoms with Crippen molar-refractivity contribution in [2.45, 2.75) is 33.3 Å². The van der Waals surface area contributed by atoms with Crippen LogP contribution in [-0.2, 0) is 9.59 Å². The molecule has 0 saturated carbocycles. The van der Waals surface area contributed by atoms with Crippen LogP contribution >= 0.6 is 39.9 Å². The summed E-state index contributed by atoms with van der Waals surface area (Å²) in [6, 6.07) is 3.64. The molecule has 1 aliphatic heterocycles. The second-order valence-electron chi connectivity index (χ2n) is 5.91. The molecule has 0 atom stereocenters. The van der Waals surface area contributed by atoms with E-state index in [1.807, 2.05) is 26.8 Å². The Hall–Kier alpha value is -1.58. The predicted molar refractivity (Wildman–Crippen MR) is 113 cm³/mol. The Morgan fingerprint density at radius 3 is 2.74 bits per heavy atom. The number of nitrogens with zero attached hydrogens (tertiary/aromatic N) is 1. The van der Waals surface area contributed by atoms with Crippen LogP contribution in [0, 0.1) is 0 Å². The lowest BCUT2D eigenvalue weighted by Gasteiger charge is -2.17. The molecule has 0 aromatic heterocycles. The van der Waals surface area contributed by atoms with E-state index in [2.05, 4.69) is 15.9 Å². The second kappa shape index (κ2) is 9.57. The van der Waals surface area contributed by atoms with Gasteiger partial charge in [0.05, 0.1) is 28.5 Å². The van der Waals surface area contributed by atoms with Crippen molar-refractivity contribution in [2.24, 2.45) is 0 Å². The third kappa shape index (κ3) is 5.70. The highest BCUT2D eigenvalue weighted by Crippen LogP contribution is 2.39. The van der Waals surface area contributed by atoms with E-state index < -0.39 is 5.97 Å². The van der Waals surface area contributed by atoms with Gasteiger partial charge in [-0.15, -0.1) is 0 Å². The molecule has 9 heteroatoms. The zero-order chi connectivity index (χ0) is 20.1. The molecule has 0 unspecified atom stereocenters. The van der Waals surface area contributed by atoms with E-state index in [1.165, 1.54) is 4.90 Å². The topological polar surface area (TPSA) is 76.1 Å². The summed E-state index contributed by atoms with van der Waals surface area (Å²) in [7, 11) is 0. The first-order chi connectivity index (χ1) is 12.7. The number of carbonyl (C=O) groups excluding carboxylic acids is 1. The summed E-state index contributed by atoms with van der Waals surface area (Å²) in [6.07, 6.45) is 1.55. The highest BCUT2D eigenvalue weighted by molar-refractivity contribution is 9.10. The van der Waals surface area contributed by atoms with Crippen molar-refractivity contribution in [1.82, 2.24) is 4.90 Å². The van der Waals surface area contributed by atoms with E-state index in [1.54, 1.807) is 12.1 Å². The molecule has 1 aromatic carbocycles. The van der Waals surface area contributed by atoms with Crippen molar-refractivity contribution >= 4 is 62.2 Å². The van der Waals surface area contributed by atoms with Gasteiger partial charge in [0, 0.05) is 6.54 Å². The SMILES string of the molecule is CCOc1cc(/C=C2\SC(=S)N(CCC(=O)O)C2=O)cc(Br)c1OC(C)C. The Morgan fingerprint density at radius 2 is 2.15 bits per heavy atom. The van der Waals surface area contributed by atoms with E-state index in [4.69, 9.17) is 26.8 Å². The van der Waals surface area contributed by atoms with Gasteiger partial charge in [0.2, 0.25) is 0 Å². The highest BCUT2D eigenvalue weighted by Gasteiger charge is 2.32. The molecule has 27 heavy (non-hydrogen) atoms. The van der Waals surface area contributed by atoms with Crippen LogP contribution in [0.5, 0.6) is 11.5 Å². The lowest BCUT2D eigenvalue weighted by atomic mass is 10.1. The smallest absolute Gasteiger partial charge is 0.305 e. The molecule has 0 bridgehead atoms. The number of rotatable bonds is 8. The van der Waals surface area contributed by atoms with Crippen molar-refractivity contribution in [2.75, 3.05) is 13.2 Å². The minimum atomic E-state index is -0.973. The fourth-order valence-electron chi connectivity index (χ4n) is 2.34. The van der Waals surface area contributed by atoms with E-state index in [0.29, 0.717) is 27.3 Å². The van der Waals surface area contributed by atoms with Gasteiger partial charge >= 0.3 is 5.97 Å². The number of carboxylic acids is 1. The molecule has 1 aromatic rings. The van der Waals surface area contributed by atoms with E-state index in [9.17, 15) is 9.59 Å². The molecule has 1 saturated heterocycles. The van der Waals surface area contributed by atoms with Crippen molar-refractivity contribution in [3.63, 3.8) is 0 Å². The van der Waals surface area contributed by atoms with Crippen LogP contribution in [0.2, 0.25) is 0 Å². The number of thioether (sulfide) groups is 1. The fourth-order valence-corrected chi connectivity index (χ4v) is 4.20. The number of halogens is 1. The van der Waals surface area contributed by atoms with Gasteiger partial charge in [-0.05, 0) is 60.5 Å². The molecule has 1 fully saturated rings. The third-order valence-electron chi connectivity index (χ3n) is 3.41. The van der Waals surface area contributed by atoms with Gasteiger partial charge < -0.3 is 14.6 Å². The summed E-state index contributed by atoms with van der Waals surface area (Å²) in [5, 5.41) is 8.81. The van der Waals surface area contributed by atoms with E-state index >= 15 is 0 Å². The molecule has 1 heterocycles. The van der Waals surface area contributed by atoms with Crippen LogP contribution in [0.15, 0.2) is 21.5 Å². The average molecular weight is 474 g/mol. The van der Waals surface area contributed by atoms with Crippen LogP contribution in [0.1, 0.15) is 32.8 Å². The maximum atomic E-state index is 12.5. The lowest BCUT2D eigenvalue weighted by molar-refractivity contribution is -0.137. The number of benzene rings is 1. The van der Waals surface area contributed by atoms with Crippen molar-refractivity contribution < 1.29 is 24.2 Å². The third-order valence-corrected chi connectivity index (χ3v) is 5.37. The number of carboxylic acid groups (broad SMARTS) is 1. The number of ether oxygens (including phenoxy) is 2. The number of hydrogen-bond donors (Lipinski definition) is 1. The standard InChI is InChI=1S/C18H20BrNO5S2/c1-4-24-13-8-11(7-12(19)16(13)25-10(2)3)9-14-17(23)20(18(26)27-14)6-5-15(21)22/h7-10H,4-6H2,1-3H3,(H,21,22)/b14-9-. The van der Waals surface area contributed by atoms with Crippen molar-refractivity contribution in [3.05, 3.63) is 27.1 Å². The zero-order valence-electron chi connectivity index (χ0n) is 15.2. The normalized spacial score (nSPS) is 15.7. The second-order valence-corrected chi connectivity index (χ2v) is 8.44. The van der Waals surface area contributed by atoms with Crippen LogP contribution < -0.4 is 9.47 Å². The number of amides is 1. The predicted octanol–water partition coefficient (Wildman–Crippen LogP) is 4.31. The summed E-state index contributed by atoms with van der Waals surface area (Å²) >= 11 is 9.86. The molecule has 1 amide bonds. The van der Waals surface area contributed by atoms with Crippen LogP contribution in [0.4, 0.5) is 0 Å². The molecule has 6 nitrogen and oxygen atoms in total. The first-order valence-corrected chi connectivity index (χ1v) is 10.3. The first kappa shape index (κ1) is 21.7. The number of carbonyl (C=O) groups is 2. The van der Waals surface area contributed by atoms with Crippen molar-refractivity contribution in [3.8, 4) is 11.5 Å². The Bertz CT molecular complexity index is 794. The average Bonchev–Trinajstić information content (AvgIpc) is 2.82. The molecular weight excluding hydrogens is 454 g/mol. The largest absolute Gasteiger partial charge is 0.490 e. The zero-order valence-corrected chi connectivity index (χ0v) is 18.4. The van der Waals surface area contributed by atoms with Crippen molar-refractivity contribution in [1.29, 1.82) is 0 Å². The van der Waals surface area contributed by atoms with E-state index in [-0.39, 0.29) is 25.0 Å². The highest BCUT2D eigenvalue weighted by atomic mass is 79.9. The first-order valence-electron chi connectivity index (χ1n) is 8.33. The van der Waals surface area contributed by atoms with Crippen LogP contribution in [-0.4, -0.2) is 45.5 Å². The van der Waals surface area contributed by atoms with Gasteiger partial charge in [-0.25, -0.2) is 0 Å². The summed E-state index contributed by atoms with van der Waals surface area (Å²) in [4.78, 5) is 25.0. The minimum absolute atomic E-state index is 0.0168. The van der Waals surface area contributed by atoms with Crippen LogP contribution in [0.25, 0.3) is 6.08 Å². The lowest BCUT2D eigenvalue weighted by Crippen LogP contribution is -2.30. The Balaban J connectivity index is 2.31. The summed E-state index contributed by atoms with van der Waals surface area (Å²) in [5.74, 6) is -0.0758. The van der Waals surface area contributed by atoms with Gasteiger partial charge in [-0.1, -0.05) is 24.0 Å². The van der Waals surface area contributed by atoms with Gasteiger partial charge in [-0.3, -0.25) is 14.5 Å². The quantitative estimate of drug-likeness (QED) is 0.445. The molecular formula is C18H20BrNO5S2. The molecule has 1 N–H and O–H groups in total. The minimum Gasteiger partial charge on any atom is -0.490 e. The number of thiocarbonyl (C=S) groups is 1. The molecule has 0 aliphatic carbocycles. The monoisotopic (exact) mass is 473 g/mol. The van der Waals surface area contributed by atoms with Gasteiger partial charge in [0.1, 0.15) is 4.32 Å². The van der Waals surface area contributed by atoms with Gasteiger partial charge in [0.15, 0.2) is 11.5 Å².